The minimum Gasteiger partial charge on any atom is -0.508 e. The van der Waals surface area contributed by atoms with Gasteiger partial charge in [0.15, 0.2) is 5.82 Å². The topological polar surface area (TPSA) is 110 Å². The highest BCUT2D eigenvalue weighted by atomic mass is 16.3. The van der Waals surface area contributed by atoms with Crippen LogP contribution >= 0.6 is 0 Å². The van der Waals surface area contributed by atoms with Crippen molar-refractivity contribution in [2.45, 2.75) is 12.5 Å². The summed E-state index contributed by atoms with van der Waals surface area (Å²) in [6.45, 7) is 0.542. The normalized spacial score (nSPS) is 11.9. The van der Waals surface area contributed by atoms with E-state index in [9.17, 15) is 5.11 Å². The second kappa shape index (κ2) is 9.64. The number of fused-ring (bicyclic) bond motifs is 1. The highest BCUT2D eigenvalue weighted by Crippen LogP contribution is 2.32. The van der Waals surface area contributed by atoms with Gasteiger partial charge in [0.05, 0.1) is 5.69 Å². The van der Waals surface area contributed by atoms with Gasteiger partial charge in [-0.25, -0.2) is 9.97 Å². The van der Waals surface area contributed by atoms with E-state index in [-0.39, 0.29) is 11.8 Å². The fourth-order valence-corrected chi connectivity index (χ4v) is 3.90. The Balaban J connectivity index is 1.55. The quantitative estimate of drug-likeness (QED) is 0.338. The minimum atomic E-state index is -0.0934. The van der Waals surface area contributed by atoms with Crippen molar-refractivity contribution in [2.24, 2.45) is 5.73 Å². The van der Waals surface area contributed by atoms with Gasteiger partial charge in [0.25, 0.3) is 0 Å². The number of benzene rings is 2. The van der Waals surface area contributed by atoms with Gasteiger partial charge >= 0.3 is 0 Å². The number of pyridine rings is 2. The number of phenols is 1. The van der Waals surface area contributed by atoms with Crippen LogP contribution in [-0.4, -0.2) is 37.6 Å². The van der Waals surface area contributed by atoms with Crippen LogP contribution in [0, 0.1) is 0 Å². The van der Waals surface area contributed by atoms with Gasteiger partial charge in [-0.2, -0.15) is 0 Å². The van der Waals surface area contributed by atoms with Crippen molar-refractivity contribution in [3.05, 3.63) is 97.0 Å². The van der Waals surface area contributed by atoms with Crippen molar-refractivity contribution < 1.29 is 5.11 Å². The second-order valence-electron chi connectivity index (χ2n) is 8.07. The number of phenolic OH excluding ortho intramolecular Hbond substituents is 1. The number of rotatable bonds is 7. The lowest BCUT2D eigenvalue weighted by atomic mass is 10.1. The molecule has 0 unspecified atom stereocenters. The van der Waals surface area contributed by atoms with Crippen LogP contribution in [0.4, 0.5) is 5.82 Å². The molecule has 0 aliphatic heterocycles. The standard InChI is InChI=1S/C27H24N6O/c28-21(15-18-5-2-1-3-6-18)17-31-27-23-11-14-30-24(20-7-4-8-22(34)16-20)25(23)32-26(33-27)19-9-12-29-13-10-19/h1-14,16,21,34H,15,17,28H2,(H,31,32,33)/t21-/m0/s1. The summed E-state index contributed by atoms with van der Waals surface area (Å²) in [5, 5.41) is 14.3. The molecule has 1 atom stereocenters. The lowest BCUT2D eigenvalue weighted by molar-refractivity contribution is 0.475. The number of nitrogens with zero attached hydrogens (tertiary/aromatic N) is 4. The number of hydrogen-bond donors (Lipinski definition) is 3. The molecule has 0 amide bonds. The van der Waals surface area contributed by atoms with Crippen LogP contribution in [0.25, 0.3) is 33.5 Å². The molecule has 5 aromatic rings. The van der Waals surface area contributed by atoms with Gasteiger partial charge in [-0.3, -0.25) is 9.97 Å². The van der Waals surface area contributed by atoms with Gasteiger partial charge in [0.1, 0.15) is 17.1 Å². The Morgan fingerprint density at radius 1 is 0.853 bits per heavy atom. The third kappa shape index (κ3) is 4.69. The molecule has 3 aromatic heterocycles. The van der Waals surface area contributed by atoms with Crippen molar-refractivity contribution in [2.75, 3.05) is 11.9 Å². The smallest absolute Gasteiger partial charge is 0.162 e. The molecule has 0 saturated carbocycles. The maximum Gasteiger partial charge on any atom is 0.162 e. The highest BCUT2D eigenvalue weighted by molar-refractivity contribution is 5.98. The summed E-state index contributed by atoms with van der Waals surface area (Å²) in [5.41, 5.74) is 10.6. The van der Waals surface area contributed by atoms with E-state index in [1.165, 1.54) is 5.56 Å². The monoisotopic (exact) mass is 448 g/mol. The highest BCUT2D eigenvalue weighted by Gasteiger charge is 2.16. The van der Waals surface area contributed by atoms with E-state index in [1.807, 2.05) is 42.5 Å². The first-order valence-electron chi connectivity index (χ1n) is 11.1. The minimum absolute atomic E-state index is 0.0934. The first-order chi connectivity index (χ1) is 16.7. The van der Waals surface area contributed by atoms with Crippen LogP contribution in [0.5, 0.6) is 5.75 Å². The summed E-state index contributed by atoms with van der Waals surface area (Å²) in [4.78, 5) is 18.4. The van der Waals surface area contributed by atoms with Crippen molar-refractivity contribution in [3.63, 3.8) is 0 Å². The van der Waals surface area contributed by atoms with E-state index in [1.54, 1.807) is 36.8 Å². The summed E-state index contributed by atoms with van der Waals surface area (Å²) in [6.07, 6.45) is 5.91. The van der Waals surface area contributed by atoms with Gasteiger partial charge in [0.2, 0.25) is 0 Å². The number of aromatic nitrogens is 4. The molecule has 0 fully saturated rings. The fourth-order valence-electron chi connectivity index (χ4n) is 3.90. The Labute approximate surface area is 197 Å². The van der Waals surface area contributed by atoms with Crippen molar-refractivity contribution in [3.8, 4) is 28.4 Å². The molecule has 168 valence electrons. The Hall–Kier alpha value is -4.36. The van der Waals surface area contributed by atoms with E-state index < -0.39 is 0 Å². The number of nitrogens with two attached hydrogens (primary N) is 1. The van der Waals surface area contributed by atoms with Crippen LogP contribution in [0.2, 0.25) is 0 Å². The maximum absolute atomic E-state index is 10.0. The largest absolute Gasteiger partial charge is 0.508 e. The number of aromatic hydroxyl groups is 1. The molecule has 3 heterocycles. The molecule has 0 aliphatic carbocycles. The Morgan fingerprint density at radius 3 is 2.47 bits per heavy atom. The number of hydrogen-bond acceptors (Lipinski definition) is 7. The van der Waals surface area contributed by atoms with Crippen molar-refractivity contribution in [1.29, 1.82) is 0 Å². The SMILES string of the molecule is N[C@H](CNc1nc(-c2ccncc2)nc2c(-c3cccc(O)c3)nccc12)Cc1ccccc1. The van der Waals surface area contributed by atoms with Gasteiger partial charge in [-0.15, -0.1) is 0 Å². The third-order valence-electron chi connectivity index (χ3n) is 5.55. The lowest BCUT2D eigenvalue weighted by Gasteiger charge is -2.16. The summed E-state index contributed by atoms with van der Waals surface area (Å²) >= 11 is 0. The molecule has 0 spiro atoms. The fraction of sp³-hybridized carbons (Fsp3) is 0.111. The van der Waals surface area contributed by atoms with Crippen LogP contribution in [0.1, 0.15) is 5.56 Å². The summed E-state index contributed by atoms with van der Waals surface area (Å²) in [7, 11) is 0. The van der Waals surface area contributed by atoms with E-state index in [0.29, 0.717) is 29.4 Å². The zero-order valence-corrected chi connectivity index (χ0v) is 18.5. The number of nitrogens with one attached hydrogen (secondary N) is 1. The summed E-state index contributed by atoms with van der Waals surface area (Å²) < 4.78 is 0. The molecule has 0 saturated heterocycles. The average Bonchev–Trinajstić information content (AvgIpc) is 2.88. The molecule has 0 aliphatic rings. The summed E-state index contributed by atoms with van der Waals surface area (Å²) in [5.74, 6) is 1.41. The molecule has 0 radical (unpaired) electrons. The predicted octanol–water partition coefficient (Wildman–Crippen LogP) is 4.44. The van der Waals surface area contributed by atoms with Gasteiger partial charge in [-0.05, 0) is 42.3 Å². The first kappa shape index (κ1) is 21.5. The number of anilines is 1. The Kier molecular flexibility index (Phi) is 6.09. The average molecular weight is 449 g/mol. The first-order valence-corrected chi connectivity index (χ1v) is 11.1. The van der Waals surface area contributed by atoms with Crippen LogP contribution < -0.4 is 11.1 Å². The lowest BCUT2D eigenvalue weighted by Crippen LogP contribution is -2.31. The van der Waals surface area contributed by atoms with E-state index in [2.05, 4.69) is 27.4 Å². The predicted molar refractivity (Wildman–Crippen MR) is 134 cm³/mol. The van der Waals surface area contributed by atoms with Crippen LogP contribution in [0.15, 0.2) is 91.4 Å². The Bertz CT molecular complexity index is 1410. The molecule has 0 bridgehead atoms. The van der Waals surface area contributed by atoms with Crippen molar-refractivity contribution >= 4 is 16.7 Å². The molecular formula is C27H24N6O. The maximum atomic E-state index is 10.0. The third-order valence-corrected chi connectivity index (χ3v) is 5.55. The zero-order valence-electron chi connectivity index (χ0n) is 18.5. The molecule has 34 heavy (non-hydrogen) atoms. The zero-order chi connectivity index (χ0) is 23.3. The van der Waals surface area contributed by atoms with Crippen molar-refractivity contribution in [1.82, 2.24) is 19.9 Å². The van der Waals surface area contributed by atoms with Crippen LogP contribution in [0.3, 0.4) is 0 Å². The molecule has 4 N–H and O–H groups in total. The second-order valence-corrected chi connectivity index (χ2v) is 8.07. The van der Waals surface area contributed by atoms with Gasteiger partial charge in [-0.1, -0.05) is 42.5 Å². The molecule has 2 aromatic carbocycles. The summed E-state index contributed by atoms with van der Waals surface area (Å²) in [6, 6.07) is 22.7. The van der Waals surface area contributed by atoms with Gasteiger partial charge < -0.3 is 16.2 Å². The van der Waals surface area contributed by atoms with Gasteiger partial charge in [0, 0.05) is 47.7 Å². The van der Waals surface area contributed by atoms with E-state index in [0.717, 1.165) is 22.9 Å². The molecule has 7 nitrogen and oxygen atoms in total. The van der Waals surface area contributed by atoms with E-state index >= 15 is 0 Å². The Morgan fingerprint density at radius 2 is 1.68 bits per heavy atom. The molecule has 5 rings (SSSR count). The van der Waals surface area contributed by atoms with Crippen LogP contribution in [-0.2, 0) is 6.42 Å². The molecular weight excluding hydrogens is 424 g/mol. The molecule has 7 heteroatoms. The van der Waals surface area contributed by atoms with E-state index in [4.69, 9.17) is 15.7 Å².